The second-order valence-corrected chi connectivity index (χ2v) is 8.63. The largest absolute Gasteiger partial charge is 0.273 e. The highest BCUT2D eigenvalue weighted by atomic mass is 15.1. The van der Waals surface area contributed by atoms with Gasteiger partial charge in [-0.25, -0.2) is 44.8 Å². The van der Waals surface area contributed by atoms with E-state index in [0.717, 1.165) is 0 Å². The van der Waals surface area contributed by atoms with E-state index in [-0.39, 0.29) is 51.5 Å². The lowest BCUT2D eigenvalue weighted by atomic mass is 10.1. The van der Waals surface area contributed by atoms with Gasteiger partial charge < -0.3 is 0 Å². The van der Waals surface area contributed by atoms with Gasteiger partial charge in [0.05, 0.1) is 52.6 Å². The Morgan fingerprint density at radius 2 is 1.00 bits per heavy atom. The summed E-state index contributed by atoms with van der Waals surface area (Å²) < 4.78 is 0. The van der Waals surface area contributed by atoms with Gasteiger partial charge in [0.1, 0.15) is 39.4 Å². The van der Waals surface area contributed by atoms with Gasteiger partial charge in [0, 0.05) is 18.6 Å². The summed E-state index contributed by atoms with van der Waals surface area (Å²) in [7, 11) is 0. The Bertz CT molecular complexity index is 2100. The highest BCUT2D eigenvalue weighted by Gasteiger charge is 2.23. The second-order valence-electron chi connectivity index (χ2n) is 8.63. The van der Waals surface area contributed by atoms with Crippen LogP contribution >= 0.6 is 0 Å². The first-order chi connectivity index (χ1) is 20.6. The molecule has 0 saturated carbocycles. The molecule has 0 atom stereocenters. The third kappa shape index (κ3) is 4.00. The molecule has 3 aliphatic rings. The highest BCUT2D eigenvalue weighted by molar-refractivity contribution is 5.83. The smallest absolute Gasteiger partial charge is 0.262 e. The monoisotopic (exact) mass is 542 g/mol. The average molecular weight is 542 g/mol. The van der Waals surface area contributed by atoms with Crippen LogP contribution in [-0.2, 0) is 0 Å². The molecule has 0 bridgehead atoms. The number of rotatable bonds is 3. The Balaban J connectivity index is 1.50. The third-order valence-electron chi connectivity index (χ3n) is 6.14. The molecule has 4 aromatic heterocycles. The van der Waals surface area contributed by atoms with E-state index in [2.05, 4.69) is 71.9 Å². The lowest BCUT2D eigenvalue weighted by molar-refractivity contribution is 1.06. The van der Waals surface area contributed by atoms with Crippen LogP contribution in [0.15, 0.2) is 109 Å². The van der Waals surface area contributed by atoms with Gasteiger partial charge in [-0.15, -0.1) is 0 Å². The summed E-state index contributed by atoms with van der Waals surface area (Å²) in [6.07, 6.45) is 9.28. The SMILES string of the molecule is [C-]#[N+]/C(=C1\N=c2ccncc2=N1)c1nc(/C(C#N)=C2/N=c3ccncc3=N2)cc(/C(C#N)=C2/N=c3ccncc3=N2)n1. The summed E-state index contributed by atoms with van der Waals surface area (Å²) in [5.41, 5.74) is 0.0384. The number of nitrogens with zero attached hydrogens (tertiary/aromatic N) is 14. The van der Waals surface area contributed by atoms with Crippen LogP contribution < -0.4 is 32.1 Å². The van der Waals surface area contributed by atoms with Crippen LogP contribution in [0.2, 0.25) is 0 Å². The van der Waals surface area contributed by atoms with E-state index in [1.165, 1.54) is 24.7 Å². The fourth-order valence-electron chi connectivity index (χ4n) is 4.22. The molecule has 0 amide bonds. The van der Waals surface area contributed by atoms with E-state index in [0.29, 0.717) is 32.1 Å². The molecule has 0 unspecified atom stereocenters. The van der Waals surface area contributed by atoms with Crippen molar-refractivity contribution < 1.29 is 0 Å². The summed E-state index contributed by atoms with van der Waals surface area (Å²) >= 11 is 0. The molecule has 192 valence electrons. The number of allylic oxidation sites excluding steroid dienone is 2. The predicted molar refractivity (Wildman–Crippen MR) is 140 cm³/mol. The Labute approximate surface area is 234 Å². The molecule has 0 radical (unpaired) electrons. The number of nitriles is 2. The molecule has 4 aromatic rings. The topological polar surface area (TPSA) is 191 Å². The highest BCUT2D eigenvalue weighted by Crippen LogP contribution is 2.28. The van der Waals surface area contributed by atoms with Gasteiger partial charge in [0.2, 0.25) is 0 Å². The van der Waals surface area contributed by atoms with E-state index < -0.39 is 0 Å². The van der Waals surface area contributed by atoms with Crippen LogP contribution in [0.5, 0.6) is 0 Å². The van der Waals surface area contributed by atoms with Crippen molar-refractivity contribution in [3.63, 3.8) is 0 Å². The molecule has 14 nitrogen and oxygen atoms in total. The first-order valence-electron chi connectivity index (χ1n) is 12.1. The molecule has 14 heteroatoms. The van der Waals surface area contributed by atoms with Crippen LogP contribution in [0.3, 0.4) is 0 Å². The van der Waals surface area contributed by atoms with Crippen molar-refractivity contribution in [2.75, 3.05) is 0 Å². The van der Waals surface area contributed by atoms with Gasteiger partial charge >= 0.3 is 0 Å². The average Bonchev–Trinajstić information content (AvgIpc) is 3.75. The quantitative estimate of drug-likeness (QED) is 0.245. The zero-order valence-corrected chi connectivity index (χ0v) is 21.0. The van der Waals surface area contributed by atoms with Crippen LogP contribution in [0, 0.1) is 29.2 Å². The Morgan fingerprint density at radius 1 is 0.595 bits per heavy atom. The second kappa shape index (κ2) is 9.64. The minimum atomic E-state index is -0.114. The van der Waals surface area contributed by atoms with Gasteiger partial charge in [-0.05, 0) is 24.3 Å². The molecule has 0 N–H and O–H groups in total. The summed E-state index contributed by atoms with van der Waals surface area (Å²) in [6, 6.07) is 10.7. The summed E-state index contributed by atoms with van der Waals surface area (Å²) in [5, 5.41) is 23.5. The lowest BCUT2D eigenvalue weighted by Crippen LogP contribution is -2.20. The number of aromatic nitrogens is 5. The minimum Gasteiger partial charge on any atom is -0.262 e. The summed E-state index contributed by atoms with van der Waals surface area (Å²) in [4.78, 5) is 51.4. The Hall–Kier alpha value is -6.98. The normalized spacial score (nSPS) is 17.1. The van der Waals surface area contributed by atoms with Crippen molar-refractivity contribution >= 4 is 16.8 Å². The molecule has 7 heterocycles. The predicted octanol–water partition coefficient (Wildman–Crippen LogP) is -0.550. The molecule has 0 saturated heterocycles. The van der Waals surface area contributed by atoms with Crippen molar-refractivity contribution in [3.8, 4) is 12.1 Å². The van der Waals surface area contributed by atoms with Crippen molar-refractivity contribution in [2.45, 2.75) is 0 Å². The van der Waals surface area contributed by atoms with E-state index in [9.17, 15) is 10.5 Å². The zero-order chi connectivity index (χ0) is 28.6. The van der Waals surface area contributed by atoms with E-state index >= 15 is 0 Å². The van der Waals surface area contributed by atoms with Crippen molar-refractivity contribution in [1.29, 1.82) is 10.5 Å². The molecular formula is C28H10N14. The van der Waals surface area contributed by atoms with Gasteiger partial charge in [-0.3, -0.25) is 15.0 Å². The maximum atomic E-state index is 10.2. The molecule has 0 aliphatic carbocycles. The lowest BCUT2D eigenvalue weighted by Gasteiger charge is -2.08. The van der Waals surface area contributed by atoms with Gasteiger partial charge in [-0.2, -0.15) is 10.5 Å². The van der Waals surface area contributed by atoms with Crippen LogP contribution in [0.25, 0.3) is 21.7 Å². The van der Waals surface area contributed by atoms with Gasteiger partial charge in [-0.1, -0.05) is 0 Å². The summed E-state index contributed by atoms with van der Waals surface area (Å²) in [5.74, 6) is 0.149. The van der Waals surface area contributed by atoms with E-state index in [1.54, 1.807) is 36.8 Å². The van der Waals surface area contributed by atoms with E-state index in [4.69, 9.17) is 6.57 Å². The van der Waals surface area contributed by atoms with Crippen molar-refractivity contribution in [1.82, 2.24) is 24.9 Å². The van der Waals surface area contributed by atoms with Crippen LogP contribution in [0.1, 0.15) is 17.2 Å². The number of fused-ring (bicyclic) bond motifs is 3. The Kier molecular flexibility index (Phi) is 5.53. The first kappa shape index (κ1) is 24.1. The van der Waals surface area contributed by atoms with Gasteiger partial charge in [0.25, 0.3) is 5.70 Å². The molecule has 0 spiro atoms. The summed E-state index contributed by atoms with van der Waals surface area (Å²) in [6.45, 7) is 7.93. The zero-order valence-electron chi connectivity index (χ0n) is 21.0. The molecule has 0 fully saturated rings. The molecule has 0 aromatic carbocycles. The maximum Gasteiger partial charge on any atom is 0.273 e. The van der Waals surface area contributed by atoms with Crippen LogP contribution in [0.4, 0.5) is 0 Å². The molecule has 42 heavy (non-hydrogen) atoms. The van der Waals surface area contributed by atoms with E-state index in [1.807, 2.05) is 0 Å². The van der Waals surface area contributed by atoms with Crippen LogP contribution in [-0.4, -0.2) is 24.9 Å². The number of hydrogen-bond donors (Lipinski definition) is 0. The minimum absolute atomic E-state index is 0.00621. The fraction of sp³-hybridized carbons (Fsp3) is 0. The first-order valence-corrected chi connectivity index (χ1v) is 12.1. The molecular weight excluding hydrogens is 532 g/mol. The standard InChI is InChI=1S/C28H10N14/c1-31-24(27-37-18-4-7-34-13-23(18)42-27)28-38-19(14(9-29)25-35-16-2-5-32-11-21(16)40-25)8-20(39-28)15(10-30)26-36-17-3-6-33-12-22(17)41-26/h2-8,11-13H/b25-14-,26-15-,27-24+. The van der Waals surface area contributed by atoms with Crippen molar-refractivity contribution in [2.24, 2.45) is 30.0 Å². The number of hydrogen-bond acceptors (Lipinski definition) is 13. The maximum absolute atomic E-state index is 10.2. The van der Waals surface area contributed by atoms with Crippen molar-refractivity contribution in [3.05, 3.63) is 140 Å². The fourth-order valence-corrected chi connectivity index (χ4v) is 4.22. The van der Waals surface area contributed by atoms with Gasteiger partial charge in [0.15, 0.2) is 23.3 Å². The molecule has 7 rings (SSSR count). The number of pyridine rings is 3. The third-order valence-corrected chi connectivity index (χ3v) is 6.14. The molecule has 3 aliphatic heterocycles. The Morgan fingerprint density at radius 3 is 1.40 bits per heavy atom.